The number of hydrogen-bond acceptors (Lipinski definition) is 0. The zero-order valence-electron chi connectivity index (χ0n) is 16.0. The van der Waals surface area contributed by atoms with E-state index in [1.807, 2.05) is 0 Å². The third kappa shape index (κ3) is 2.22. The van der Waals surface area contributed by atoms with Crippen LogP contribution in [0.4, 0.5) is 0 Å². The first kappa shape index (κ1) is 17.4. The van der Waals surface area contributed by atoms with Crippen molar-refractivity contribution in [1.82, 2.24) is 0 Å². The molecular weight excluding hydrogens is 355 g/mol. The standard InChI is InChI=1S/C27H25P/c1-5-13-23(14-6-1)27-21-22-28(27,24-15-7-2-8-16-24,25-17-9-3-10-18-25)26-19-11-4-12-20-26/h1-20,27H,21-22H2. The normalized spacial score (nSPS) is 21.0. The van der Waals surface area contributed by atoms with Crippen LogP contribution in [-0.2, 0) is 0 Å². The quantitative estimate of drug-likeness (QED) is 0.401. The molecule has 1 atom stereocenters. The first-order chi connectivity index (χ1) is 13.9. The average Bonchev–Trinajstić information content (AvgIpc) is 2.77. The molecule has 0 N–H and O–H groups in total. The summed E-state index contributed by atoms with van der Waals surface area (Å²) in [5.74, 6) is 0. The summed E-state index contributed by atoms with van der Waals surface area (Å²) in [6, 6.07) is 45.2. The molecule has 0 amide bonds. The van der Waals surface area contributed by atoms with Gasteiger partial charge in [-0.1, -0.05) is 0 Å². The first-order valence-electron chi connectivity index (χ1n) is 10.1. The summed E-state index contributed by atoms with van der Waals surface area (Å²) < 4.78 is 0. The summed E-state index contributed by atoms with van der Waals surface area (Å²) in [5.41, 5.74) is 2.00. The Morgan fingerprint density at radius 2 is 0.821 bits per heavy atom. The Morgan fingerprint density at radius 3 is 1.14 bits per heavy atom. The molecular formula is C27H25P. The molecule has 28 heavy (non-hydrogen) atoms. The molecule has 4 aromatic carbocycles. The molecule has 1 fully saturated rings. The average molecular weight is 380 g/mol. The molecule has 1 heterocycles. The minimum absolute atomic E-state index is 0.527. The SMILES string of the molecule is c1ccc(C2CCP2(c2ccccc2)(c2ccccc2)c2ccccc2)cc1. The van der Waals surface area contributed by atoms with E-state index in [1.165, 1.54) is 34.1 Å². The molecule has 0 radical (unpaired) electrons. The molecule has 1 heteroatoms. The van der Waals surface area contributed by atoms with Crippen LogP contribution in [0, 0.1) is 0 Å². The Hall–Kier alpha value is -2.69. The molecule has 138 valence electrons. The van der Waals surface area contributed by atoms with Gasteiger partial charge in [-0.2, -0.15) is 0 Å². The zero-order chi connectivity index (χ0) is 18.9. The first-order valence-corrected chi connectivity index (χ1v) is 12.6. The molecule has 1 saturated heterocycles. The van der Waals surface area contributed by atoms with Gasteiger partial charge in [-0.15, -0.1) is 0 Å². The van der Waals surface area contributed by atoms with Crippen molar-refractivity contribution in [2.75, 3.05) is 6.16 Å². The van der Waals surface area contributed by atoms with Crippen LogP contribution in [0.3, 0.4) is 0 Å². The van der Waals surface area contributed by atoms with E-state index < -0.39 is 6.60 Å². The summed E-state index contributed by atoms with van der Waals surface area (Å²) >= 11 is 0. The fourth-order valence-corrected chi connectivity index (χ4v) is 12.9. The van der Waals surface area contributed by atoms with E-state index in [4.69, 9.17) is 0 Å². The Morgan fingerprint density at radius 1 is 0.464 bits per heavy atom. The second kappa shape index (κ2) is 6.73. The number of benzene rings is 4. The van der Waals surface area contributed by atoms with Crippen LogP contribution < -0.4 is 15.9 Å². The third-order valence-electron chi connectivity index (χ3n) is 6.78. The Kier molecular flexibility index (Phi) is 4.18. The van der Waals surface area contributed by atoms with E-state index in [2.05, 4.69) is 121 Å². The summed E-state index contributed by atoms with van der Waals surface area (Å²) in [6.07, 6.45) is 2.48. The van der Waals surface area contributed by atoms with Gasteiger partial charge in [0.1, 0.15) is 0 Å². The molecule has 4 aromatic rings. The van der Waals surface area contributed by atoms with E-state index >= 15 is 0 Å². The van der Waals surface area contributed by atoms with Gasteiger partial charge in [0.2, 0.25) is 0 Å². The van der Waals surface area contributed by atoms with Crippen molar-refractivity contribution in [3.8, 4) is 0 Å². The monoisotopic (exact) mass is 380 g/mol. The van der Waals surface area contributed by atoms with Crippen LogP contribution in [0.1, 0.15) is 17.6 Å². The maximum absolute atomic E-state index is 2.61. The molecule has 5 rings (SSSR count). The van der Waals surface area contributed by atoms with Gasteiger partial charge in [-0.3, -0.25) is 0 Å². The molecule has 0 nitrogen and oxygen atoms in total. The van der Waals surface area contributed by atoms with E-state index in [1.54, 1.807) is 0 Å². The van der Waals surface area contributed by atoms with Gasteiger partial charge in [0, 0.05) is 0 Å². The fourth-order valence-electron chi connectivity index (χ4n) is 5.50. The van der Waals surface area contributed by atoms with E-state index in [-0.39, 0.29) is 0 Å². The fraction of sp³-hybridized carbons (Fsp3) is 0.111. The van der Waals surface area contributed by atoms with Gasteiger partial charge >= 0.3 is 168 Å². The molecule has 0 aromatic heterocycles. The predicted octanol–water partition coefficient (Wildman–Crippen LogP) is 5.66. The zero-order valence-corrected chi connectivity index (χ0v) is 16.9. The molecule has 0 saturated carbocycles. The van der Waals surface area contributed by atoms with Crippen LogP contribution >= 0.6 is 6.60 Å². The Labute approximate surface area is 167 Å². The topological polar surface area (TPSA) is 0 Å². The Balaban J connectivity index is 1.92. The maximum atomic E-state index is 2.38. The van der Waals surface area contributed by atoms with Gasteiger partial charge < -0.3 is 0 Å². The van der Waals surface area contributed by atoms with Crippen LogP contribution in [0.25, 0.3) is 0 Å². The van der Waals surface area contributed by atoms with Crippen molar-refractivity contribution >= 4 is 22.5 Å². The Bertz CT molecular complexity index is 957. The summed E-state index contributed by atoms with van der Waals surface area (Å²) in [6.45, 7) is -2.61. The summed E-state index contributed by atoms with van der Waals surface area (Å²) in [5, 5.41) is 4.56. The van der Waals surface area contributed by atoms with Crippen molar-refractivity contribution in [1.29, 1.82) is 0 Å². The molecule has 0 spiro atoms. The van der Waals surface area contributed by atoms with Gasteiger partial charge in [0.15, 0.2) is 0 Å². The molecule has 1 aliphatic rings. The van der Waals surface area contributed by atoms with Crippen molar-refractivity contribution < 1.29 is 0 Å². The second-order valence-corrected chi connectivity index (χ2v) is 13.2. The van der Waals surface area contributed by atoms with Crippen molar-refractivity contribution in [2.45, 2.75) is 12.1 Å². The van der Waals surface area contributed by atoms with Crippen LogP contribution in [0.15, 0.2) is 121 Å². The van der Waals surface area contributed by atoms with Crippen molar-refractivity contribution in [3.05, 3.63) is 127 Å². The van der Waals surface area contributed by atoms with Crippen molar-refractivity contribution in [3.63, 3.8) is 0 Å². The number of rotatable bonds is 4. The van der Waals surface area contributed by atoms with Gasteiger partial charge in [-0.05, 0) is 0 Å². The molecule has 0 aliphatic carbocycles. The minimum atomic E-state index is -2.61. The van der Waals surface area contributed by atoms with E-state index in [0.29, 0.717) is 5.66 Å². The van der Waals surface area contributed by atoms with E-state index in [9.17, 15) is 0 Å². The van der Waals surface area contributed by atoms with E-state index in [0.717, 1.165) is 0 Å². The van der Waals surface area contributed by atoms with Gasteiger partial charge in [0.25, 0.3) is 0 Å². The molecule has 0 bridgehead atoms. The van der Waals surface area contributed by atoms with Crippen LogP contribution in [0.5, 0.6) is 0 Å². The van der Waals surface area contributed by atoms with Crippen LogP contribution in [-0.4, -0.2) is 6.16 Å². The molecule has 1 unspecified atom stereocenters. The second-order valence-electron chi connectivity index (χ2n) is 7.83. The number of hydrogen-bond donors (Lipinski definition) is 0. The third-order valence-corrected chi connectivity index (χ3v) is 14.3. The summed E-state index contributed by atoms with van der Waals surface area (Å²) in [7, 11) is 0. The van der Waals surface area contributed by atoms with Crippen molar-refractivity contribution in [2.24, 2.45) is 0 Å². The molecule has 1 aliphatic heterocycles. The summed E-state index contributed by atoms with van der Waals surface area (Å²) in [4.78, 5) is 0. The van der Waals surface area contributed by atoms with Crippen LogP contribution in [0.2, 0.25) is 0 Å². The predicted molar refractivity (Wildman–Crippen MR) is 124 cm³/mol. The van der Waals surface area contributed by atoms with Gasteiger partial charge in [-0.25, -0.2) is 0 Å². The van der Waals surface area contributed by atoms with Gasteiger partial charge in [0.05, 0.1) is 0 Å².